The van der Waals surface area contributed by atoms with Crippen LogP contribution in [-0.2, 0) is 13.2 Å². The Bertz CT molecular complexity index is 520. The number of nitrogens with zero attached hydrogens (tertiary/aromatic N) is 1. The number of hydrogen-bond donors (Lipinski definition) is 1. The third kappa shape index (κ3) is 3.11. The fraction of sp³-hybridized carbons (Fsp3) is 0.357. The van der Waals surface area contributed by atoms with E-state index in [0.29, 0.717) is 13.2 Å². The minimum atomic E-state index is 0.403. The molecule has 0 aliphatic carbocycles. The Hall–Kier alpha value is -1.81. The molecule has 1 aromatic carbocycles. The van der Waals surface area contributed by atoms with Crippen LogP contribution in [0.1, 0.15) is 22.6 Å². The number of rotatable bonds is 5. The number of nitrogens with one attached hydrogen (secondary N) is 1. The third-order valence-corrected chi connectivity index (χ3v) is 2.67. The molecule has 2 rings (SSSR count). The van der Waals surface area contributed by atoms with Crippen molar-refractivity contribution in [3.05, 3.63) is 46.8 Å². The summed E-state index contributed by atoms with van der Waals surface area (Å²) >= 11 is 0. The highest BCUT2D eigenvalue weighted by atomic mass is 16.5. The van der Waals surface area contributed by atoms with E-state index in [4.69, 9.17) is 9.26 Å². The van der Waals surface area contributed by atoms with Crippen LogP contribution < -0.4 is 10.1 Å². The number of ether oxygens (including phenoxy) is 1. The molecule has 0 spiro atoms. The molecule has 1 aromatic heterocycles. The molecule has 0 bridgehead atoms. The van der Waals surface area contributed by atoms with Gasteiger partial charge in [0.25, 0.3) is 0 Å². The van der Waals surface area contributed by atoms with E-state index in [1.54, 1.807) is 0 Å². The summed E-state index contributed by atoms with van der Waals surface area (Å²) in [7, 11) is 1.88. The number of hydrogen-bond acceptors (Lipinski definition) is 4. The Kier molecular flexibility index (Phi) is 3.99. The second-order valence-electron chi connectivity index (χ2n) is 4.37. The summed E-state index contributed by atoms with van der Waals surface area (Å²) in [5.41, 5.74) is 3.25. The summed E-state index contributed by atoms with van der Waals surface area (Å²) < 4.78 is 10.9. The average molecular weight is 246 g/mol. The van der Waals surface area contributed by atoms with Gasteiger partial charge >= 0.3 is 0 Å². The largest absolute Gasteiger partial charge is 0.485 e. The van der Waals surface area contributed by atoms with E-state index in [-0.39, 0.29) is 0 Å². The smallest absolute Gasteiger partial charge is 0.174 e. The maximum atomic E-state index is 5.72. The maximum absolute atomic E-state index is 5.72. The molecular formula is C14H18N2O2. The van der Waals surface area contributed by atoms with Crippen molar-refractivity contribution in [2.24, 2.45) is 0 Å². The van der Waals surface area contributed by atoms with Gasteiger partial charge in [0, 0.05) is 12.6 Å². The predicted octanol–water partition coefficient (Wildman–Crippen LogP) is 2.59. The van der Waals surface area contributed by atoms with Crippen molar-refractivity contribution in [2.45, 2.75) is 27.0 Å². The van der Waals surface area contributed by atoms with Crippen LogP contribution in [-0.4, -0.2) is 12.2 Å². The van der Waals surface area contributed by atoms with Crippen LogP contribution in [0.15, 0.2) is 28.8 Å². The van der Waals surface area contributed by atoms with Crippen LogP contribution in [0.4, 0.5) is 0 Å². The van der Waals surface area contributed by atoms with Gasteiger partial charge in [-0.25, -0.2) is 0 Å². The van der Waals surface area contributed by atoms with Crippen molar-refractivity contribution in [1.82, 2.24) is 10.5 Å². The lowest BCUT2D eigenvalue weighted by molar-refractivity contribution is 0.247. The summed E-state index contributed by atoms with van der Waals surface area (Å²) in [4.78, 5) is 0. The van der Waals surface area contributed by atoms with Gasteiger partial charge in [-0.05, 0) is 32.5 Å². The van der Waals surface area contributed by atoms with Crippen LogP contribution in [0.2, 0.25) is 0 Å². The molecule has 0 fully saturated rings. The lowest BCUT2D eigenvalue weighted by Gasteiger charge is -2.07. The molecule has 1 N–H and O–H groups in total. The molecule has 0 amide bonds. The van der Waals surface area contributed by atoms with Gasteiger partial charge in [0.1, 0.15) is 12.4 Å². The van der Waals surface area contributed by atoms with Crippen LogP contribution in [0.3, 0.4) is 0 Å². The van der Waals surface area contributed by atoms with Gasteiger partial charge < -0.3 is 14.6 Å². The highest BCUT2D eigenvalue weighted by Crippen LogP contribution is 2.20. The van der Waals surface area contributed by atoms with Crippen LogP contribution in [0.5, 0.6) is 5.75 Å². The molecule has 0 saturated heterocycles. The van der Waals surface area contributed by atoms with Gasteiger partial charge in [0.15, 0.2) is 5.76 Å². The normalized spacial score (nSPS) is 10.6. The molecule has 0 radical (unpaired) electrons. The minimum Gasteiger partial charge on any atom is -0.485 e. The van der Waals surface area contributed by atoms with E-state index in [9.17, 15) is 0 Å². The van der Waals surface area contributed by atoms with Gasteiger partial charge in [-0.3, -0.25) is 0 Å². The SMILES string of the molecule is CNCc1cc(COc2ccc(C)cc2C)on1. The first-order valence-corrected chi connectivity index (χ1v) is 5.98. The quantitative estimate of drug-likeness (QED) is 0.881. The summed E-state index contributed by atoms with van der Waals surface area (Å²) in [5.74, 6) is 1.62. The fourth-order valence-electron chi connectivity index (χ4n) is 1.80. The van der Waals surface area contributed by atoms with Crippen LogP contribution in [0.25, 0.3) is 0 Å². The van der Waals surface area contributed by atoms with E-state index in [1.165, 1.54) is 5.56 Å². The first-order chi connectivity index (χ1) is 8.69. The molecule has 0 atom stereocenters. The molecule has 4 nitrogen and oxygen atoms in total. The van der Waals surface area contributed by atoms with Crippen LogP contribution in [0, 0.1) is 13.8 Å². The summed E-state index contributed by atoms with van der Waals surface area (Å²) in [6.45, 7) is 5.21. The zero-order valence-electron chi connectivity index (χ0n) is 11.0. The molecule has 4 heteroatoms. The Morgan fingerprint density at radius 3 is 2.83 bits per heavy atom. The van der Waals surface area contributed by atoms with E-state index in [2.05, 4.69) is 23.5 Å². The summed E-state index contributed by atoms with van der Waals surface area (Å²) in [5, 5.41) is 6.96. The first kappa shape index (κ1) is 12.6. The van der Waals surface area contributed by atoms with Gasteiger partial charge in [-0.15, -0.1) is 0 Å². The van der Waals surface area contributed by atoms with Crippen molar-refractivity contribution in [1.29, 1.82) is 0 Å². The Labute approximate surface area is 107 Å². The first-order valence-electron chi connectivity index (χ1n) is 5.98. The zero-order chi connectivity index (χ0) is 13.0. The van der Waals surface area contributed by atoms with Crippen LogP contribution >= 0.6 is 0 Å². The Morgan fingerprint density at radius 2 is 2.11 bits per heavy atom. The third-order valence-electron chi connectivity index (χ3n) is 2.67. The molecular weight excluding hydrogens is 228 g/mol. The van der Waals surface area contributed by atoms with Crippen molar-refractivity contribution in [3.8, 4) is 5.75 Å². The molecule has 0 aliphatic heterocycles. The molecule has 0 saturated carbocycles. The fourth-order valence-corrected chi connectivity index (χ4v) is 1.80. The molecule has 2 aromatic rings. The second kappa shape index (κ2) is 5.69. The van der Waals surface area contributed by atoms with Gasteiger partial charge in [-0.2, -0.15) is 0 Å². The molecule has 1 heterocycles. The van der Waals surface area contributed by atoms with Gasteiger partial charge in [0.2, 0.25) is 0 Å². The Balaban J connectivity index is 1.97. The average Bonchev–Trinajstić information content (AvgIpc) is 2.76. The topological polar surface area (TPSA) is 47.3 Å². The number of aromatic nitrogens is 1. The second-order valence-corrected chi connectivity index (χ2v) is 4.37. The maximum Gasteiger partial charge on any atom is 0.174 e. The lowest BCUT2D eigenvalue weighted by atomic mass is 10.1. The highest BCUT2D eigenvalue weighted by molar-refractivity contribution is 5.35. The van der Waals surface area contributed by atoms with Crippen molar-refractivity contribution >= 4 is 0 Å². The monoisotopic (exact) mass is 246 g/mol. The predicted molar refractivity (Wildman–Crippen MR) is 69.5 cm³/mol. The van der Waals surface area contributed by atoms with Crippen molar-refractivity contribution < 1.29 is 9.26 Å². The Morgan fingerprint density at radius 1 is 1.28 bits per heavy atom. The van der Waals surface area contributed by atoms with E-state index in [0.717, 1.165) is 22.8 Å². The van der Waals surface area contributed by atoms with Gasteiger partial charge in [-0.1, -0.05) is 22.9 Å². The molecule has 0 aliphatic rings. The molecule has 96 valence electrons. The summed E-state index contributed by atoms with van der Waals surface area (Å²) in [6.07, 6.45) is 0. The standard InChI is InChI=1S/C14H18N2O2/c1-10-4-5-14(11(2)6-10)17-9-13-7-12(8-15-3)16-18-13/h4-7,15H,8-9H2,1-3H3. The molecule has 0 unspecified atom stereocenters. The zero-order valence-corrected chi connectivity index (χ0v) is 11.0. The van der Waals surface area contributed by atoms with Crippen molar-refractivity contribution in [3.63, 3.8) is 0 Å². The number of aryl methyl sites for hydroxylation is 2. The summed E-state index contributed by atoms with van der Waals surface area (Å²) in [6, 6.07) is 8.02. The van der Waals surface area contributed by atoms with E-state index < -0.39 is 0 Å². The van der Waals surface area contributed by atoms with Crippen molar-refractivity contribution in [2.75, 3.05) is 7.05 Å². The van der Waals surface area contributed by atoms with Gasteiger partial charge in [0.05, 0.1) is 5.69 Å². The minimum absolute atomic E-state index is 0.403. The molecule has 18 heavy (non-hydrogen) atoms. The lowest BCUT2D eigenvalue weighted by Crippen LogP contribution is -2.04. The highest BCUT2D eigenvalue weighted by Gasteiger charge is 2.05. The number of benzene rings is 1. The van der Waals surface area contributed by atoms with E-state index >= 15 is 0 Å². The van der Waals surface area contributed by atoms with E-state index in [1.807, 2.05) is 32.2 Å².